The standard InChI is InChI=1S/C22H20N2S/c1-21(2)16-6-5-10-24-20(16)13-7-8-15-18(19(13)21)14-12-23-11-9-17(14)25-22(15,3)4/h5-12H,1-4H3. The molecule has 0 bridgehead atoms. The fraction of sp³-hybridized carbons (Fsp3) is 0.273. The molecule has 3 heterocycles. The molecule has 0 N–H and O–H groups in total. The van der Waals surface area contributed by atoms with Crippen LogP contribution < -0.4 is 0 Å². The summed E-state index contributed by atoms with van der Waals surface area (Å²) in [6, 6.07) is 11.0. The first-order valence-corrected chi connectivity index (χ1v) is 9.50. The first-order valence-electron chi connectivity index (χ1n) is 8.68. The van der Waals surface area contributed by atoms with E-state index in [0.29, 0.717) is 0 Å². The predicted molar refractivity (Wildman–Crippen MR) is 104 cm³/mol. The van der Waals surface area contributed by atoms with Crippen molar-refractivity contribution in [2.75, 3.05) is 0 Å². The van der Waals surface area contributed by atoms with Crippen LogP contribution in [0.15, 0.2) is 53.8 Å². The lowest BCUT2D eigenvalue weighted by molar-refractivity contribution is 0.656. The second kappa shape index (κ2) is 4.73. The quantitative estimate of drug-likeness (QED) is 0.516. The van der Waals surface area contributed by atoms with Crippen LogP contribution in [-0.2, 0) is 10.2 Å². The molecule has 0 radical (unpaired) electrons. The van der Waals surface area contributed by atoms with Gasteiger partial charge in [-0.15, -0.1) is 11.8 Å². The van der Waals surface area contributed by atoms with Crippen LogP contribution in [0.4, 0.5) is 0 Å². The number of benzene rings is 1. The Morgan fingerprint density at radius 1 is 0.880 bits per heavy atom. The molecular weight excluding hydrogens is 324 g/mol. The highest BCUT2D eigenvalue weighted by Crippen LogP contribution is 2.59. The maximum Gasteiger partial charge on any atom is 0.0746 e. The van der Waals surface area contributed by atoms with Crippen LogP contribution in [0.3, 0.4) is 0 Å². The number of nitrogens with zero attached hydrogens (tertiary/aromatic N) is 2. The van der Waals surface area contributed by atoms with Gasteiger partial charge in [-0.3, -0.25) is 9.97 Å². The summed E-state index contributed by atoms with van der Waals surface area (Å²) in [7, 11) is 0. The molecule has 2 aliphatic rings. The number of fused-ring (bicyclic) bond motifs is 7. The van der Waals surface area contributed by atoms with Crippen LogP contribution in [-0.4, -0.2) is 9.97 Å². The van der Waals surface area contributed by atoms with Crippen molar-refractivity contribution in [2.24, 2.45) is 0 Å². The molecule has 0 unspecified atom stereocenters. The molecule has 0 atom stereocenters. The number of pyridine rings is 2. The minimum Gasteiger partial charge on any atom is -0.264 e. The third-order valence-electron chi connectivity index (χ3n) is 5.63. The molecule has 0 saturated heterocycles. The van der Waals surface area contributed by atoms with E-state index in [0.717, 1.165) is 5.69 Å². The van der Waals surface area contributed by atoms with Gasteiger partial charge in [0.1, 0.15) is 0 Å². The Balaban J connectivity index is 1.94. The topological polar surface area (TPSA) is 25.8 Å². The van der Waals surface area contributed by atoms with E-state index < -0.39 is 0 Å². The molecule has 5 rings (SSSR count). The molecule has 1 aliphatic heterocycles. The van der Waals surface area contributed by atoms with E-state index in [9.17, 15) is 0 Å². The van der Waals surface area contributed by atoms with Gasteiger partial charge in [0.05, 0.1) is 5.69 Å². The van der Waals surface area contributed by atoms with E-state index in [-0.39, 0.29) is 10.2 Å². The van der Waals surface area contributed by atoms with Crippen molar-refractivity contribution in [3.05, 3.63) is 65.6 Å². The second-order valence-corrected chi connectivity index (χ2v) is 9.58. The molecule has 2 aromatic heterocycles. The maximum absolute atomic E-state index is 4.72. The van der Waals surface area contributed by atoms with Gasteiger partial charge < -0.3 is 0 Å². The average Bonchev–Trinajstić information content (AvgIpc) is 2.83. The molecule has 3 heteroatoms. The monoisotopic (exact) mass is 344 g/mol. The zero-order chi connectivity index (χ0) is 17.4. The van der Waals surface area contributed by atoms with Gasteiger partial charge in [0, 0.05) is 44.8 Å². The van der Waals surface area contributed by atoms with Gasteiger partial charge in [-0.05, 0) is 48.2 Å². The lowest BCUT2D eigenvalue weighted by Gasteiger charge is -2.36. The summed E-state index contributed by atoms with van der Waals surface area (Å²) < 4.78 is 0.0387. The number of hydrogen-bond donors (Lipinski definition) is 0. The third-order valence-corrected chi connectivity index (χ3v) is 6.94. The van der Waals surface area contributed by atoms with E-state index in [1.165, 1.54) is 38.3 Å². The van der Waals surface area contributed by atoms with Gasteiger partial charge >= 0.3 is 0 Å². The summed E-state index contributed by atoms with van der Waals surface area (Å²) in [5.41, 5.74) is 9.10. The Morgan fingerprint density at radius 2 is 1.72 bits per heavy atom. The summed E-state index contributed by atoms with van der Waals surface area (Å²) in [6.07, 6.45) is 5.83. The van der Waals surface area contributed by atoms with Crippen LogP contribution >= 0.6 is 11.8 Å². The molecule has 3 aromatic rings. The van der Waals surface area contributed by atoms with Gasteiger partial charge in [0.15, 0.2) is 0 Å². The van der Waals surface area contributed by atoms with E-state index >= 15 is 0 Å². The summed E-state index contributed by atoms with van der Waals surface area (Å²) in [6.45, 7) is 9.29. The minimum absolute atomic E-state index is 0.0387. The molecule has 1 aromatic carbocycles. The minimum atomic E-state index is -0.0601. The van der Waals surface area contributed by atoms with E-state index in [4.69, 9.17) is 4.98 Å². The van der Waals surface area contributed by atoms with Crippen molar-refractivity contribution < 1.29 is 0 Å². The third kappa shape index (κ3) is 1.87. The fourth-order valence-corrected chi connectivity index (χ4v) is 5.70. The van der Waals surface area contributed by atoms with Gasteiger partial charge in [0.25, 0.3) is 0 Å². The number of rotatable bonds is 0. The maximum atomic E-state index is 4.72. The van der Waals surface area contributed by atoms with Crippen molar-refractivity contribution in [3.8, 4) is 22.4 Å². The van der Waals surface area contributed by atoms with Crippen molar-refractivity contribution in [3.63, 3.8) is 0 Å². The largest absolute Gasteiger partial charge is 0.264 e. The first kappa shape index (κ1) is 15.2. The van der Waals surface area contributed by atoms with Crippen LogP contribution in [0.2, 0.25) is 0 Å². The van der Waals surface area contributed by atoms with Crippen molar-refractivity contribution in [2.45, 2.75) is 42.8 Å². The van der Waals surface area contributed by atoms with Gasteiger partial charge in [-0.25, -0.2) is 0 Å². The number of thioether (sulfide) groups is 1. The molecule has 0 saturated carbocycles. The van der Waals surface area contributed by atoms with Crippen LogP contribution in [0, 0.1) is 0 Å². The van der Waals surface area contributed by atoms with E-state index in [2.05, 4.69) is 56.9 Å². The fourth-order valence-electron chi connectivity index (χ4n) is 4.48. The zero-order valence-electron chi connectivity index (χ0n) is 14.9. The van der Waals surface area contributed by atoms with Crippen LogP contribution in [0.25, 0.3) is 22.4 Å². The Bertz CT molecular complexity index is 1030. The zero-order valence-corrected chi connectivity index (χ0v) is 15.7. The highest BCUT2D eigenvalue weighted by molar-refractivity contribution is 8.00. The van der Waals surface area contributed by atoms with Crippen molar-refractivity contribution >= 4 is 11.8 Å². The van der Waals surface area contributed by atoms with Crippen molar-refractivity contribution in [1.82, 2.24) is 9.97 Å². The normalized spacial score (nSPS) is 18.1. The van der Waals surface area contributed by atoms with Crippen molar-refractivity contribution in [1.29, 1.82) is 0 Å². The van der Waals surface area contributed by atoms with Crippen LogP contribution in [0.5, 0.6) is 0 Å². The Kier molecular flexibility index (Phi) is 2.87. The summed E-state index contributed by atoms with van der Waals surface area (Å²) in [5, 5.41) is 0. The smallest absolute Gasteiger partial charge is 0.0746 e. The number of aromatic nitrogens is 2. The predicted octanol–water partition coefficient (Wildman–Crippen LogP) is 5.79. The van der Waals surface area contributed by atoms with Gasteiger partial charge in [-0.1, -0.05) is 32.0 Å². The molecule has 0 spiro atoms. The first-order chi connectivity index (χ1) is 11.9. The molecule has 1 aliphatic carbocycles. The molecule has 124 valence electrons. The van der Waals surface area contributed by atoms with E-state index in [1.54, 1.807) is 0 Å². The summed E-state index contributed by atoms with van der Waals surface area (Å²) in [4.78, 5) is 10.5. The summed E-state index contributed by atoms with van der Waals surface area (Å²) in [5.74, 6) is 0. The lowest BCUT2D eigenvalue weighted by atomic mass is 9.76. The lowest BCUT2D eigenvalue weighted by Crippen LogP contribution is -2.23. The second-order valence-electron chi connectivity index (χ2n) is 7.92. The average molecular weight is 344 g/mol. The van der Waals surface area contributed by atoms with Gasteiger partial charge in [0.2, 0.25) is 0 Å². The Morgan fingerprint density at radius 3 is 2.56 bits per heavy atom. The highest BCUT2D eigenvalue weighted by Gasteiger charge is 2.43. The highest BCUT2D eigenvalue weighted by atomic mass is 32.2. The summed E-state index contributed by atoms with van der Waals surface area (Å²) >= 11 is 1.93. The number of hydrogen-bond acceptors (Lipinski definition) is 3. The molecular formula is C22H20N2S. The van der Waals surface area contributed by atoms with E-state index in [1.807, 2.05) is 36.4 Å². The van der Waals surface area contributed by atoms with Gasteiger partial charge in [-0.2, -0.15) is 0 Å². The van der Waals surface area contributed by atoms with Crippen LogP contribution in [0.1, 0.15) is 44.4 Å². The molecule has 25 heavy (non-hydrogen) atoms. The molecule has 0 fully saturated rings. The molecule has 2 nitrogen and oxygen atoms in total. The SMILES string of the molecule is CC1(C)Sc2ccncc2-c2c1ccc1c2C(C)(C)c2cccnc2-1. The Labute approximate surface area is 152 Å². The Hall–Kier alpha value is -2.13. The molecule has 0 amide bonds.